The van der Waals surface area contributed by atoms with E-state index in [-0.39, 0.29) is 11.6 Å². The van der Waals surface area contributed by atoms with Gasteiger partial charge in [-0.1, -0.05) is 6.42 Å². The zero-order valence-electron chi connectivity index (χ0n) is 16.2. The number of nitrogens with one attached hydrogen (secondary N) is 1. The molecule has 3 rings (SSSR count). The van der Waals surface area contributed by atoms with Crippen LogP contribution in [-0.2, 0) is 0 Å². The Labute approximate surface area is 164 Å². The second-order valence-corrected chi connectivity index (χ2v) is 7.27. The minimum atomic E-state index is -0.480. The van der Waals surface area contributed by atoms with E-state index in [1.54, 1.807) is 29.1 Å². The predicted molar refractivity (Wildman–Crippen MR) is 107 cm³/mol. The van der Waals surface area contributed by atoms with E-state index in [1.165, 1.54) is 38.2 Å². The predicted octanol–water partition coefficient (Wildman–Crippen LogP) is 3.16. The van der Waals surface area contributed by atoms with Crippen molar-refractivity contribution in [2.75, 3.05) is 19.6 Å². The van der Waals surface area contributed by atoms with Gasteiger partial charge in [0.05, 0.1) is 11.3 Å². The molecule has 150 valence electrons. The molecule has 1 aromatic carbocycles. The third-order valence-electron chi connectivity index (χ3n) is 5.32. The summed E-state index contributed by atoms with van der Waals surface area (Å²) in [6.45, 7) is 5.07. The van der Waals surface area contributed by atoms with E-state index >= 15 is 0 Å². The van der Waals surface area contributed by atoms with E-state index in [0.29, 0.717) is 23.8 Å². The van der Waals surface area contributed by atoms with Crippen LogP contribution in [0.15, 0.2) is 36.9 Å². The smallest absolute Gasteiger partial charge is 0.294 e. The maximum atomic E-state index is 12.4. The van der Waals surface area contributed by atoms with Crippen molar-refractivity contribution < 1.29 is 9.72 Å². The number of carbonyl (C=O) groups excluding carboxylic acids is 1. The fourth-order valence-electron chi connectivity index (χ4n) is 3.66. The van der Waals surface area contributed by atoms with Gasteiger partial charge >= 0.3 is 0 Å². The first-order chi connectivity index (χ1) is 13.6. The SMILES string of the molecule is CC1CCCCN1CCCCNC(=O)c1ccc(-n2ccnc2)c([N+](=O)[O-])c1. The van der Waals surface area contributed by atoms with Crippen LogP contribution < -0.4 is 5.32 Å². The number of nitro groups is 1. The molecule has 1 aromatic heterocycles. The number of rotatable bonds is 8. The fourth-order valence-corrected chi connectivity index (χ4v) is 3.66. The summed E-state index contributed by atoms with van der Waals surface area (Å²) in [4.78, 5) is 29.7. The monoisotopic (exact) mass is 385 g/mol. The lowest BCUT2D eigenvalue weighted by Crippen LogP contribution is -2.38. The normalized spacial score (nSPS) is 17.4. The van der Waals surface area contributed by atoms with Crippen molar-refractivity contribution in [3.63, 3.8) is 0 Å². The molecule has 1 fully saturated rings. The fraction of sp³-hybridized carbons (Fsp3) is 0.500. The third kappa shape index (κ3) is 4.95. The standard InChI is InChI=1S/C20H27N5O3/c1-16-6-2-4-11-23(16)12-5-3-9-22-20(26)17-7-8-18(19(14-17)25(27)28)24-13-10-21-15-24/h7-8,10,13-16H,2-6,9,11-12H2,1H3,(H,22,26). The van der Waals surface area contributed by atoms with Crippen molar-refractivity contribution >= 4 is 11.6 Å². The Morgan fingerprint density at radius 3 is 2.93 bits per heavy atom. The number of nitrogens with zero attached hydrogens (tertiary/aromatic N) is 4. The van der Waals surface area contributed by atoms with Gasteiger partial charge in [-0.3, -0.25) is 14.9 Å². The Bertz CT molecular complexity index is 806. The van der Waals surface area contributed by atoms with Gasteiger partial charge in [-0.05, 0) is 57.8 Å². The molecule has 0 spiro atoms. The number of likely N-dealkylation sites (tertiary alicyclic amines) is 1. The highest BCUT2D eigenvalue weighted by molar-refractivity contribution is 5.95. The summed E-state index contributed by atoms with van der Waals surface area (Å²) in [5.74, 6) is -0.286. The summed E-state index contributed by atoms with van der Waals surface area (Å²) < 4.78 is 1.56. The van der Waals surface area contributed by atoms with Gasteiger partial charge in [0, 0.05) is 36.6 Å². The van der Waals surface area contributed by atoms with E-state index in [0.717, 1.165) is 19.4 Å². The number of carbonyl (C=O) groups is 1. The Balaban J connectivity index is 1.51. The largest absolute Gasteiger partial charge is 0.352 e. The molecular formula is C20H27N5O3. The maximum absolute atomic E-state index is 12.4. The second-order valence-electron chi connectivity index (χ2n) is 7.27. The lowest BCUT2D eigenvalue weighted by Gasteiger charge is -2.33. The molecule has 2 aromatic rings. The molecule has 0 saturated carbocycles. The molecule has 0 aliphatic carbocycles. The Kier molecular flexibility index (Phi) is 6.76. The number of imidazole rings is 1. The highest BCUT2D eigenvalue weighted by Gasteiger charge is 2.19. The minimum absolute atomic E-state index is 0.121. The Morgan fingerprint density at radius 2 is 2.21 bits per heavy atom. The van der Waals surface area contributed by atoms with Crippen LogP contribution in [0.5, 0.6) is 0 Å². The maximum Gasteiger partial charge on any atom is 0.294 e. The van der Waals surface area contributed by atoms with Crippen LogP contribution in [0, 0.1) is 10.1 Å². The van der Waals surface area contributed by atoms with Gasteiger partial charge in [0.25, 0.3) is 11.6 Å². The molecule has 8 heteroatoms. The van der Waals surface area contributed by atoms with E-state index in [9.17, 15) is 14.9 Å². The topological polar surface area (TPSA) is 93.3 Å². The summed E-state index contributed by atoms with van der Waals surface area (Å²) in [6.07, 6.45) is 10.5. The number of unbranched alkanes of at least 4 members (excludes halogenated alkanes) is 1. The van der Waals surface area contributed by atoms with Gasteiger partial charge in [-0.25, -0.2) is 4.98 Å². The minimum Gasteiger partial charge on any atom is -0.352 e. The molecule has 0 radical (unpaired) electrons. The molecule has 28 heavy (non-hydrogen) atoms. The van der Waals surface area contributed by atoms with Crippen molar-refractivity contribution in [3.05, 3.63) is 52.6 Å². The molecular weight excluding hydrogens is 358 g/mol. The van der Waals surface area contributed by atoms with Gasteiger partial charge in [0.15, 0.2) is 0 Å². The van der Waals surface area contributed by atoms with Crippen molar-refractivity contribution in [1.29, 1.82) is 0 Å². The van der Waals surface area contributed by atoms with Crippen LogP contribution in [0.1, 0.15) is 49.4 Å². The molecule has 1 unspecified atom stereocenters. The highest BCUT2D eigenvalue weighted by atomic mass is 16.6. The number of amides is 1. The average Bonchev–Trinajstić information content (AvgIpc) is 3.23. The zero-order valence-corrected chi connectivity index (χ0v) is 16.2. The first-order valence-corrected chi connectivity index (χ1v) is 9.85. The van der Waals surface area contributed by atoms with Gasteiger partial charge in [0.2, 0.25) is 0 Å². The van der Waals surface area contributed by atoms with Gasteiger partial charge < -0.3 is 14.8 Å². The van der Waals surface area contributed by atoms with Gasteiger partial charge in [0.1, 0.15) is 5.69 Å². The van der Waals surface area contributed by atoms with Crippen molar-refractivity contribution in [3.8, 4) is 5.69 Å². The second kappa shape index (κ2) is 9.45. The Hall–Kier alpha value is -2.74. The molecule has 1 amide bonds. The van der Waals surface area contributed by atoms with Crippen molar-refractivity contribution in [2.24, 2.45) is 0 Å². The van der Waals surface area contributed by atoms with Crippen LogP contribution in [0.4, 0.5) is 5.69 Å². The third-order valence-corrected chi connectivity index (χ3v) is 5.32. The lowest BCUT2D eigenvalue weighted by molar-refractivity contribution is -0.384. The first kappa shape index (κ1) is 20.0. The summed E-state index contributed by atoms with van der Waals surface area (Å²) in [7, 11) is 0. The summed E-state index contributed by atoms with van der Waals surface area (Å²) >= 11 is 0. The number of hydrogen-bond acceptors (Lipinski definition) is 5. The molecule has 1 saturated heterocycles. The number of benzene rings is 1. The van der Waals surface area contributed by atoms with Crippen LogP contribution >= 0.6 is 0 Å². The number of hydrogen-bond donors (Lipinski definition) is 1. The summed E-state index contributed by atoms with van der Waals surface area (Å²) in [6, 6.07) is 5.15. The van der Waals surface area contributed by atoms with E-state index in [4.69, 9.17) is 0 Å². The van der Waals surface area contributed by atoms with Gasteiger partial charge in [-0.2, -0.15) is 0 Å². The van der Waals surface area contributed by atoms with Crippen LogP contribution in [0.25, 0.3) is 5.69 Å². The van der Waals surface area contributed by atoms with E-state index < -0.39 is 4.92 Å². The molecule has 1 aliphatic rings. The quantitative estimate of drug-likeness (QED) is 0.428. The van der Waals surface area contributed by atoms with E-state index in [1.807, 2.05) is 0 Å². The van der Waals surface area contributed by atoms with Gasteiger partial charge in [-0.15, -0.1) is 0 Å². The van der Waals surface area contributed by atoms with Crippen molar-refractivity contribution in [1.82, 2.24) is 19.8 Å². The zero-order chi connectivity index (χ0) is 19.9. The number of aromatic nitrogens is 2. The average molecular weight is 385 g/mol. The number of nitro benzene ring substituents is 1. The molecule has 0 bridgehead atoms. The number of piperidine rings is 1. The molecule has 2 heterocycles. The first-order valence-electron chi connectivity index (χ1n) is 9.85. The molecule has 1 N–H and O–H groups in total. The van der Waals surface area contributed by atoms with Crippen LogP contribution in [0.3, 0.4) is 0 Å². The van der Waals surface area contributed by atoms with E-state index in [2.05, 4.69) is 22.1 Å². The summed E-state index contributed by atoms with van der Waals surface area (Å²) in [5, 5.41) is 14.3. The van der Waals surface area contributed by atoms with Crippen LogP contribution in [0.2, 0.25) is 0 Å². The van der Waals surface area contributed by atoms with Crippen molar-refractivity contribution in [2.45, 2.75) is 45.1 Å². The Morgan fingerprint density at radius 1 is 1.36 bits per heavy atom. The molecule has 1 aliphatic heterocycles. The highest BCUT2D eigenvalue weighted by Crippen LogP contribution is 2.24. The lowest BCUT2D eigenvalue weighted by atomic mass is 10.0. The van der Waals surface area contributed by atoms with Crippen LogP contribution in [-0.4, -0.2) is 51.0 Å². The molecule has 8 nitrogen and oxygen atoms in total. The molecule has 1 atom stereocenters. The summed E-state index contributed by atoms with van der Waals surface area (Å²) in [5.41, 5.74) is 0.555.